The van der Waals surface area contributed by atoms with Gasteiger partial charge in [0.25, 0.3) is 5.69 Å². The number of carbonyl (C=O) groups is 1. The third kappa shape index (κ3) is 3.00. The molecule has 25 heavy (non-hydrogen) atoms. The lowest BCUT2D eigenvalue weighted by Gasteiger charge is -2.10. The Hall–Kier alpha value is -3.81. The van der Waals surface area contributed by atoms with Crippen LogP contribution in [-0.2, 0) is 0 Å². The van der Waals surface area contributed by atoms with Gasteiger partial charge in [0.15, 0.2) is 6.29 Å². The van der Waals surface area contributed by atoms with Crippen LogP contribution in [-0.4, -0.2) is 16.1 Å². The van der Waals surface area contributed by atoms with Crippen molar-refractivity contribution in [2.75, 3.05) is 0 Å². The van der Waals surface area contributed by atoms with Gasteiger partial charge < -0.3 is 4.74 Å². The summed E-state index contributed by atoms with van der Waals surface area (Å²) in [6, 6.07) is 13.4. The molecule has 8 heteroatoms. The smallest absolute Gasteiger partial charge is 0.318 e. The highest BCUT2D eigenvalue weighted by atomic mass is 16.6. The van der Waals surface area contributed by atoms with Crippen LogP contribution in [0.5, 0.6) is 11.5 Å². The van der Waals surface area contributed by atoms with Crippen LogP contribution in [0.25, 0.3) is 10.8 Å². The van der Waals surface area contributed by atoms with E-state index >= 15 is 0 Å². The van der Waals surface area contributed by atoms with Gasteiger partial charge in [-0.1, -0.05) is 30.3 Å². The normalized spacial score (nSPS) is 10.4. The van der Waals surface area contributed by atoms with Crippen molar-refractivity contribution in [1.82, 2.24) is 0 Å². The van der Waals surface area contributed by atoms with Crippen molar-refractivity contribution in [1.29, 1.82) is 0 Å². The maximum absolute atomic E-state index is 11.5. The fourth-order valence-electron chi connectivity index (χ4n) is 2.45. The van der Waals surface area contributed by atoms with Crippen LogP contribution in [0.2, 0.25) is 0 Å². The van der Waals surface area contributed by atoms with E-state index in [-0.39, 0.29) is 17.1 Å². The summed E-state index contributed by atoms with van der Waals surface area (Å²) in [7, 11) is 0. The first-order valence-corrected chi connectivity index (χ1v) is 7.09. The molecule has 124 valence electrons. The van der Waals surface area contributed by atoms with E-state index in [2.05, 4.69) is 0 Å². The van der Waals surface area contributed by atoms with Crippen molar-refractivity contribution in [3.8, 4) is 11.5 Å². The molecule has 0 fully saturated rings. The number of hydrogen-bond donors (Lipinski definition) is 0. The molecule has 0 aliphatic rings. The van der Waals surface area contributed by atoms with Gasteiger partial charge in [0.05, 0.1) is 21.5 Å². The summed E-state index contributed by atoms with van der Waals surface area (Å²) in [4.78, 5) is 32.0. The molecular weight excluding hydrogens is 328 g/mol. The van der Waals surface area contributed by atoms with Crippen LogP contribution in [0.3, 0.4) is 0 Å². The highest BCUT2D eigenvalue weighted by molar-refractivity contribution is 6.00. The average Bonchev–Trinajstić information content (AvgIpc) is 2.61. The Labute approximate surface area is 140 Å². The summed E-state index contributed by atoms with van der Waals surface area (Å²) in [5.41, 5.74) is -0.738. The number of nitro groups is 2. The van der Waals surface area contributed by atoms with Crippen molar-refractivity contribution >= 4 is 28.4 Å². The Morgan fingerprint density at radius 2 is 1.60 bits per heavy atom. The standard InChI is InChI=1S/C17H10N2O6/c20-10-14-13-4-2-1-3-11(13)5-7-16(14)25-17-8-6-12(18(21)22)9-15(17)19(23)24/h1-10H. The average molecular weight is 338 g/mol. The summed E-state index contributed by atoms with van der Waals surface area (Å²) in [5, 5.41) is 23.4. The highest BCUT2D eigenvalue weighted by Crippen LogP contribution is 2.37. The van der Waals surface area contributed by atoms with Gasteiger partial charge in [-0.3, -0.25) is 25.0 Å². The van der Waals surface area contributed by atoms with Gasteiger partial charge >= 0.3 is 5.69 Å². The topological polar surface area (TPSA) is 113 Å². The number of carbonyl (C=O) groups excluding carboxylic acids is 1. The molecule has 0 radical (unpaired) electrons. The second-order valence-electron chi connectivity index (χ2n) is 5.08. The Morgan fingerprint density at radius 3 is 2.28 bits per heavy atom. The fraction of sp³-hybridized carbons (Fsp3) is 0. The van der Waals surface area contributed by atoms with E-state index in [0.717, 1.165) is 23.6 Å². The predicted octanol–water partition coefficient (Wildman–Crippen LogP) is 4.26. The van der Waals surface area contributed by atoms with Crippen molar-refractivity contribution in [3.05, 3.63) is 80.4 Å². The van der Waals surface area contributed by atoms with Crippen LogP contribution in [0.1, 0.15) is 10.4 Å². The zero-order valence-corrected chi connectivity index (χ0v) is 12.6. The van der Waals surface area contributed by atoms with Gasteiger partial charge in [-0.2, -0.15) is 0 Å². The minimum Gasteiger partial charge on any atom is -0.449 e. The zero-order chi connectivity index (χ0) is 18.0. The molecule has 0 atom stereocenters. The van der Waals surface area contributed by atoms with E-state index in [1.54, 1.807) is 18.2 Å². The lowest BCUT2D eigenvalue weighted by atomic mass is 10.0. The lowest BCUT2D eigenvalue weighted by molar-refractivity contribution is -0.394. The number of hydrogen-bond acceptors (Lipinski definition) is 6. The first-order valence-electron chi connectivity index (χ1n) is 7.09. The van der Waals surface area contributed by atoms with E-state index in [1.807, 2.05) is 12.1 Å². The lowest BCUT2D eigenvalue weighted by Crippen LogP contribution is -1.98. The van der Waals surface area contributed by atoms with Crippen molar-refractivity contribution in [2.24, 2.45) is 0 Å². The molecule has 3 aromatic rings. The molecule has 0 spiro atoms. The van der Waals surface area contributed by atoms with Gasteiger partial charge in [-0.05, 0) is 22.9 Å². The molecule has 0 saturated carbocycles. The zero-order valence-electron chi connectivity index (χ0n) is 12.6. The summed E-state index contributed by atoms with van der Waals surface area (Å²) in [6.07, 6.45) is 0.606. The van der Waals surface area contributed by atoms with Crippen molar-refractivity contribution in [3.63, 3.8) is 0 Å². The number of aldehydes is 1. The molecule has 0 heterocycles. The number of rotatable bonds is 5. The second-order valence-corrected chi connectivity index (χ2v) is 5.08. The van der Waals surface area contributed by atoms with Gasteiger partial charge in [-0.15, -0.1) is 0 Å². The molecule has 0 aliphatic heterocycles. The van der Waals surface area contributed by atoms with E-state index in [4.69, 9.17) is 4.74 Å². The van der Waals surface area contributed by atoms with Gasteiger partial charge in [0.2, 0.25) is 5.75 Å². The molecular formula is C17H10N2O6. The van der Waals surface area contributed by atoms with Crippen LogP contribution < -0.4 is 4.74 Å². The van der Waals surface area contributed by atoms with E-state index in [0.29, 0.717) is 11.7 Å². The van der Waals surface area contributed by atoms with Gasteiger partial charge in [-0.25, -0.2) is 0 Å². The molecule has 8 nitrogen and oxygen atoms in total. The third-order valence-corrected chi connectivity index (χ3v) is 3.62. The van der Waals surface area contributed by atoms with Gasteiger partial charge in [0.1, 0.15) is 5.75 Å². The number of ether oxygens (including phenoxy) is 1. The summed E-state index contributed by atoms with van der Waals surface area (Å²) >= 11 is 0. The fourth-order valence-corrected chi connectivity index (χ4v) is 2.45. The molecule has 0 N–H and O–H groups in total. The Balaban J connectivity index is 2.11. The number of nitro benzene ring substituents is 2. The quantitative estimate of drug-likeness (QED) is 0.390. The predicted molar refractivity (Wildman–Crippen MR) is 89.2 cm³/mol. The highest BCUT2D eigenvalue weighted by Gasteiger charge is 2.22. The van der Waals surface area contributed by atoms with Crippen LogP contribution >= 0.6 is 0 Å². The maximum Gasteiger partial charge on any atom is 0.318 e. The molecule has 3 rings (SSSR count). The van der Waals surface area contributed by atoms with Crippen molar-refractivity contribution in [2.45, 2.75) is 0 Å². The van der Waals surface area contributed by atoms with Crippen molar-refractivity contribution < 1.29 is 19.4 Å². The molecule has 0 saturated heterocycles. The van der Waals surface area contributed by atoms with E-state index < -0.39 is 21.2 Å². The number of benzene rings is 3. The molecule has 0 aromatic heterocycles. The molecule has 3 aromatic carbocycles. The Bertz CT molecular complexity index is 1020. The molecule has 0 unspecified atom stereocenters. The molecule has 0 amide bonds. The summed E-state index contributed by atoms with van der Waals surface area (Å²) < 4.78 is 5.54. The van der Waals surface area contributed by atoms with Crippen LogP contribution in [0.15, 0.2) is 54.6 Å². The minimum atomic E-state index is -0.774. The largest absolute Gasteiger partial charge is 0.449 e. The number of nitrogens with zero attached hydrogens (tertiary/aromatic N) is 2. The minimum absolute atomic E-state index is 0.130. The van der Waals surface area contributed by atoms with E-state index in [9.17, 15) is 25.0 Å². The first-order chi connectivity index (χ1) is 12.0. The summed E-state index contributed by atoms with van der Waals surface area (Å²) in [5.74, 6) is -0.0559. The Kier molecular flexibility index (Phi) is 4.09. The first kappa shape index (κ1) is 16.1. The second kappa shape index (κ2) is 6.36. The number of non-ortho nitro benzene ring substituents is 1. The van der Waals surface area contributed by atoms with Crippen LogP contribution in [0, 0.1) is 20.2 Å². The Morgan fingerprint density at radius 1 is 0.880 bits per heavy atom. The molecule has 0 bridgehead atoms. The monoisotopic (exact) mass is 338 g/mol. The van der Waals surface area contributed by atoms with Crippen LogP contribution in [0.4, 0.5) is 11.4 Å². The molecule has 0 aliphatic carbocycles. The maximum atomic E-state index is 11.5. The number of fused-ring (bicyclic) bond motifs is 1. The third-order valence-electron chi connectivity index (χ3n) is 3.62. The van der Waals surface area contributed by atoms with E-state index in [1.165, 1.54) is 6.07 Å². The SMILES string of the molecule is O=Cc1c(Oc2ccc([N+](=O)[O-])cc2[N+](=O)[O-])ccc2ccccc12. The van der Waals surface area contributed by atoms with Gasteiger partial charge in [0, 0.05) is 6.07 Å². The summed E-state index contributed by atoms with van der Waals surface area (Å²) in [6.45, 7) is 0.